The first-order valence-corrected chi connectivity index (χ1v) is 17.8. The first kappa shape index (κ1) is 32.0. The number of hydrogen-bond donors (Lipinski definition) is 4. The number of hydrogen-bond acceptors (Lipinski definition) is 9. The zero-order valence-electron chi connectivity index (χ0n) is 24.8. The van der Waals surface area contributed by atoms with Gasteiger partial charge in [0.15, 0.2) is 11.5 Å². The Balaban J connectivity index is 1.44. The number of carbonyl (C=O) groups is 1. The summed E-state index contributed by atoms with van der Waals surface area (Å²) in [5.41, 5.74) is 3.57. The summed E-state index contributed by atoms with van der Waals surface area (Å²) < 4.78 is 11.9. The predicted molar refractivity (Wildman–Crippen MR) is 176 cm³/mol. The fourth-order valence-electron chi connectivity index (χ4n) is 6.24. The quantitative estimate of drug-likeness (QED) is 0.174. The van der Waals surface area contributed by atoms with Crippen LogP contribution in [0.25, 0.3) is 21.9 Å². The van der Waals surface area contributed by atoms with Gasteiger partial charge in [0.05, 0.1) is 26.0 Å². The van der Waals surface area contributed by atoms with Gasteiger partial charge >= 0.3 is 0 Å². The highest BCUT2D eigenvalue weighted by Crippen LogP contribution is 2.45. The molecule has 7 nitrogen and oxygen atoms in total. The number of phenols is 2. The molecule has 3 aromatic carbocycles. The Hall–Kier alpha value is -2.43. The fourth-order valence-corrected chi connectivity index (χ4v) is 8.53. The van der Waals surface area contributed by atoms with E-state index in [1.807, 2.05) is 24.3 Å². The number of nitrogens with one attached hydrogen (secondary N) is 1. The van der Waals surface area contributed by atoms with Gasteiger partial charge in [0.2, 0.25) is 0 Å². The number of ketones is 1. The van der Waals surface area contributed by atoms with Crippen LogP contribution in [0.5, 0.6) is 17.2 Å². The maximum absolute atomic E-state index is 13.3. The van der Waals surface area contributed by atoms with Gasteiger partial charge in [-0.3, -0.25) is 10.1 Å². The molecule has 2 aliphatic rings. The molecule has 0 aromatic heterocycles. The lowest BCUT2D eigenvalue weighted by molar-refractivity contribution is -0.122. The molecule has 1 fully saturated rings. The minimum Gasteiger partial charge on any atom is -0.508 e. The third-order valence-corrected chi connectivity index (χ3v) is 11.0. The average molecular weight is 626 g/mol. The number of ether oxygens (including phenoxy) is 2. The van der Waals surface area contributed by atoms with Crippen molar-refractivity contribution in [3.63, 3.8) is 0 Å². The smallest absolute Gasteiger partial charge is 0.168 e. The van der Waals surface area contributed by atoms with E-state index in [0.717, 1.165) is 33.0 Å². The maximum atomic E-state index is 13.3. The summed E-state index contributed by atoms with van der Waals surface area (Å²) in [5.74, 6) is 1.86. The average Bonchev–Trinajstić information content (AvgIpc) is 3.01. The van der Waals surface area contributed by atoms with Crippen molar-refractivity contribution in [1.29, 1.82) is 0 Å². The lowest BCUT2D eigenvalue weighted by Gasteiger charge is -2.25. The van der Waals surface area contributed by atoms with E-state index in [1.165, 1.54) is 32.1 Å². The molecule has 0 saturated heterocycles. The number of carbonyl (C=O) groups excluding carboxylic acids is 1. The third kappa shape index (κ3) is 8.39. The van der Waals surface area contributed by atoms with Crippen LogP contribution in [0, 0.1) is 0 Å². The van der Waals surface area contributed by atoms with E-state index in [1.54, 1.807) is 46.9 Å². The van der Waals surface area contributed by atoms with Crippen molar-refractivity contribution < 1.29 is 29.6 Å². The van der Waals surface area contributed by atoms with Crippen LogP contribution < -0.4 is 10.1 Å². The summed E-state index contributed by atoms with van der Waals surface area (Å²) >= 11 is 0. The first-order valence-electron chi connectivity index (χ1n) is 15.4. The van der Waals surface area contributed by atoms with Gasteiger partial charge in [-0.15, -0.1) is 0 Å². The van der Waals surface area contributed by atoms with Crippen molar-refractivity contribution in [3.05, 3.63) is 53.6 Å². The first-order chi connectivity index (χ1) is 20.9. The van der Waals surface area contributed by atoms with E-state index in [4.69, 9.17) is 9.47 Å². The summed E-state index contributed by atoms with van der Waals surface area (Å²) in [4.78, 5) is 13.3. The number of aliphatic hydroxyl groups excluding tert-OH is 1. The van der Waals surface area contributed by atoms with Gasteiger partial charge in [-0.25, -0.2) is 0 Å². The van der Waals surface area contributed by atoms with Crippen LogP contribution in [-0.2, 0) is 21.7 Å². The molecule has 1 aliphatic heterocycles. The molecule has 0 bridgehead atoms. The lowest BCUT2D eigenvalue weighted by atomic mass is 9.89. The molecule has 1 saturated carbocycles. The number of phenolic OH excluding ortho intramolecular Hbond substituents is 2. The molecular formula is C34H43NO6S2. The van der Waals surface area contributed by atoms with Crippen LogP contribution in [0.15, 0.2) is 42.5 Å². The highest BCUT2D eigenvalue weighted by atomic mass is 33.1. The fraction of sp³-hybridized carbons (Fsp3) is 0.500. The van der Waals surface area contributed by atoms with Gasteiger partial charge in [-0.2, -0.15) is 0 Å². The van der Waals surface area contributed by atoms with Gasteiger partial charge in [0, 0.05) is 36.0 Å². The van der Waals surface area contributed by atoms with Crippen molar-refractivity contribution in [3.8, 4) is 28.4 Å². The zero-order chi connectivity index (χ0) is 30.2. The van der Waals surface area contributed by atoms with Crippen LogP contribution >= 0.6 is 21.6 Å². The highest BCUT2D eigenvalue weighted by Gasteiger charge is 2.23. The summed E-state index contributed by atoms with van der Waals surface area (Å²) in [7, 11) is 4.81. The number of aryl methyl sites for hydroxylation is 1. The zero-order valence-corrected chi connectivity index (χ0v) is 26.5. The number of aliphatic hydroxyl groups is 1. The van der Waals surface area contributed by atoms with Crippen molar-refractivity contribution >= 4 is 38.1 Å². The Labute approximate surface area is 262 Å². The van der Waals surface area contributed by atoms with E-state index in [-0.39, 0.29) is 23.4 Å². The summed E-state index contributed by atoms with van der Waals surface area (Å²) in [6.45, 7) is 0.420. The maximum Gasteiger partial charge on any atom is 0.168 e. The number of benzene rings is 3. The van der Waals surface area contributed by atoms with E-state index >= 15 is 0 Å². The number of Topliss-reactive ketones (excluding diaryl/α,β-unsaturated/α-hetero) is 1. The number of aromatic hydroxyl groups is 2. The Bertz CT molecular complexity index is 1390. The monoisotopic (exact) mass is 625 g/mol. The molecule has 9 heteroatoms. The van der Waals surface area contributed by atoms with Gasteiger partial charge in [-0.05, 0) is 77.8 Å². The molecule has 232 valence electrons. The largest absolute Gasteiger partial charge is 0.508 e. The Morgan fingerprint density at radius 1 is 0.953 bits per heavy atom. The van der Waals surface area contributed by atoms with Gasteiger partial charge < -0.3 is 24.8 Å². The Kier molecular flexibility index (Phi) is 11.5. The summed E-state index contributed by atoms with van der Waals surface area (Å²) in [5, 5.41) is 37.4. The van der Waals surface area contributed by atoms with E-state index in [0.29, 0.717) is 62.1 Å². The molecule has 0 spiro atoms. The summed E-state index contributed by atoms with van der Waals surface area (Å²) in [6.07, 6.45) is 7.66. The molecule has 1 heterocycles. The Morgan fingerprint density at radius 2 is 1.77 bits per heavy atom. The molecule has 0 radical (unpaired) electrons. The molecule has 1 aliphatic carbocycles. The number of methoxy groups -OCH3 is 1. The molecule has 2 atom stereocenters. The minimum atomic E-state index is -0.508. The molecule has 0 unspecified atom stereocenters. The highest BCUT2D eigenvalue weighted by molar-refractivity contribution is 8.76. The van der Waals surface area contributed by atoms with Crippen molar-refractivity contribution in [1.82, 2.24) is 5.32 Å². The van der Waals surface area contributed by atoms with E-state index < -0.39 is 6.10 Å². The summed E-state index contributed by atoms with van der Waals surface area (Å²) in [6, 6.07) is 13.4. The molecule has 43 heavy (non-hydrogen) atoms. The second-order valence-electron chi connectivity index (χ2n) is 11.6. The van der Waals surface area contributed by atoms with Crippen LogP contribution in [-0.4, -0.2) is 58.9 Å². The van der Waals surface area contributed by atoms with Crippen LogP contribution in [0.3, 0.4) is 0 Å². The van der Waals surface area contributed by atoms with Gasteiger partial charge in [0.1, 0.15) is 11.5 Å². The van der Waals surface area contributed by atoms with Crippen molar-refractivity contribution in [2.24, 2.45) is 0 Å². The van der Waals surface area contributed by atoms with Crippen LogP contribution in [0.2, 0.25) is 0 Å². The topological polar surface area (TPSA) is 108 Å². The number of fused-ring (bicyclic) bond motifs is 5. The Morgan fingerprint density at radius 3 is 2.58 bits per heavy atom. The molecule has 0 amide bonds. The standard InChI is InChI=1S/C34H43NO6S2/c1-40-34-32(39)16-10-23-8-12-25(36)17-28(41-21-35-24-5-3-2-4-6-24)14-13-27(38)19-42-43-20-31-29(33(23)34)15-9-22-7-11-26(37)18-30(22)31/h7,9-11,15-16,18,24,27-28,35,37-39H,2-6,8,12-14,17,19-21H2,1H3/t27-,28+/m0/s1. The van der Waals surface area contributed by atoms with Crippen LogP contribution in [0.4, 0.5) is 0 Å². The van der Waals surface area contributed by atoms with Gasteiger partial charge in [0.25, 0.3) is 0 Å². The van der Waals surface area contributed by atoms with Gasteiger partial charge in [-0.1, -0.05) is 65.1 Å². The predicted octanol–water partition coefficient (Wildman–Crippen LogP) is 7.12. The minimum absolute atomic E-state index is 0.0352. The van der Waals surface area contributed by atoms with Crippen molar-refractivity contribution in [2.75, 3.05) is 19.6 Å². The molecule has 5 rings (SSSR count). The molecule has 4 N–H and O–H groups in total. The molecular weight excluding hydrogens is 583 g/mol. The van der Waals surface area contributed by atoms with E-state index in [2.05, 4.69) is 5.32 Å². The number of rotatable bonds is 5. The third-order valence-electron chi connectivity index (χ3n) is 8.61. The van der Waals surface area contributed by atoms with Crippen LogP contribution in [0.1, 0.15) is 68.9 Å². The normalized spacial score (nSPS) is 21.3. The second-order valence-corrected chi connectivity index (χ2v) is 14.1. The SMILES string of the molecule is COc1c(O)ccc2c1-c1ccc3ccc(O)cc3c1CSSC[C@@H](O)CC[C@@H](OCNC1CCCCC1)CC(=O)CC2. The van der Waals surface area contributed by atoms with E-state index in [9.17, 15) is 20.1 Å². The second kappa shape index (κ2) is 15.5. The lowest BCUT2D eigenvalue weighted by Crippen LogP contribution is -2.35. The molecule has 3 aromatic rings. The van der Waals surface area contributed by atoms with Crippen molar-refractivity contribution in [2.45, 2.75) is 88.2 Å².